The Labute approximate surface area is 111 Å². The van der Waals surface area contributed by atoms with Crippen LogP contribution in [0.25, 0.3) is 11.4 Å². The average molecular weight is 261 g/mol. The van der Waals surface area contributed by atoms with Crippen molar-refractivity contribution in [1.82, 2.24) is 15.5 Å². The molecule has 1 aromatic carbocycles. The molecular formula is C14H16FN3O. The van der Waals surface area contributed by atoms with Gasteiger partial charge in [0.15, 0.2) is 0 Å². The van der Waals surface area contributed by atoms with Crippen LogP contribution in [0, 0.1) is 18.7 Å². The molecule has 1 N–H and O–H groups in total. The highest BCUT2D eigenvalue weighted by Gasteiger charge is 2.29. The Morgan fingerprint density at radius 3 is 2.84 bits per heavy atom. The lowest BCUT2D eigenvalue weighted by Gasteiger charge is -2.30. The van der Waals surface area contributed by atoms with Crippen molar-refractivity contribution in [3.8, 4) is 11.4 Å². The van der Waals surface area contributed by atoms with Gasteiger partial charge in [0, 0.05) is 11.5 Å². The SMILES string of the molecule is Cc1cc(F)ccc1-c1noc(C(C)C2CNC2)n1. The molecule has 2 heterocycles. The summed E-state index contributed by atoms with van der Waals surface area (Å²) in [5.74, 6) is 1.75. The van der Waals surface area contributed by atoms with Crippen LogP contribution in [0.4, 0.5) is 4.39 Å². The lowest BCUT2D eigenvalue weighted by Crippen LogP contribution is -2.44. The molecule has 4 nitrogen and oxygen atoms in total. The van der Waals surface area contributed by atoms with E-state index in [0.717, 1.165) is 24.2 Å². The van der Waals surface area contributed by atoms with Crippen molar-refractivity contribution in [2.75, 3.05) is 13.1 Å². The van der Waals surface area contributed by atoms with Gasteiger partial charge in [0.1, 0.15) is 5.82 Å². The van der Waals surface area contributed by atoms with Crippen LogP contribution in [-0.2, 0) is 0 Å². The maximum Gasteiger partial charge on any atom is 0.230 e. The molecule has 0 spiro atoms. The first-order valence-corrected chi connectivity index (χ1v) is 6.46. The zero-order chi connectivity index (χ0) is 13.4. The lowest BCUT2D eigenvalue weighted by molar-refractivity contribution is 0.252. The Bertz CT molecular complexity index is 592. The Morgan fingerprint density at radius 1 is 1.42 bits per heavy atom. The molecule has 1 unspecified atom stereocenters. The zero-order valence-electron chi connectivity index (χ0n) is 11.0. The van der Waals surface area contributed by atoms with Crippen LogP contribution in [0.2, 0.25) is 0 Å². The first-order valence-electron chi connectivity index (χ1n) is 6.46. The van der Waals surface area contributed by atoms with E-state index in [-0.39, 0.29) is 11.7 Å². The Balaban J connectivity index is 1.87. The summed E-state index contributed by atoms with van der Waals surface area (Å²) in [5.41, 5.74) is 1.63. The monoisotopic (exact) mass is 261 g/mol. The summed E-state index contributed by atoms with van der Waals surface area (Å²) in [4.78, 5) is 4.45. The predicted molar refractivity (Wildman–Crippen MR) is 69.2 cm³/mol. The number of benzene rings is 1. The van der Waals surface area contributed by atoms with Crippen LogP contribution in [0.15, 0.2) is 22.7 Å². The maximum absolute atomic E-state index is 13.1. The molecular weight excluding hydrogens is 245 g/mol. The van der Waals surface area contributed by atoms with Gasteiger partial charge in [-0.15, -0.1) is 0 Å². The summed E-state index contributed by atoms with van der Waals surface area (Å²) in [5, 5.41) is 7.24. The fourth-order valence-corrected chi connectivity index (χ4v) is 2.27. The zero-order valence-corrected chi connectivity index (χ0v) is 11.0. The first-order chi connectivity index (χ1) is 9.15. The fourth-order valence-electron chi connectivity index (χ4n) is 2.27. The highest BCUT2D eigenvalue weighted by atomic mass is 19.1. The number of nitrogens with one attached hydrogen (secondary N) is 1. The van der Waals surface area contributed by atoms with Gasteiger partial charge in [0.05, 0.1) is 0 Å². The molecule has 0 amide bonds. The second kappa shape index (κ2) is 4.74. The highest BCUT2D eigenvalue weighted by molar-refractivity contribution is 5.59. The molecule has 1 fully saturated rings. The molecule has 0 bridgehead atoms. The smallest absolute Gasteiger partial charge is 0.230 e. The molecule has 1 aliphatic heterocycles. The van der Waals surface area contributed by atoms with Gasteiger partial charge in [0.25, 0.3) is 0 Å². The summed E-state index contributed by atoms with van der Waals surface area (Å²) in [7, 11) is 0. The normalized spacial score (nSPS) is 17.2. The highest BCUT2D eigenvalue weighted by Crippen LogP contribution is 2.28. The number of nitrogens with zero attached hydrogens (tertiary/aromatic N) is 2. The van der Waals surface area contributed by atoms with E-state index in [2.05, 4.69) is 22.4 Å². The third kappa shape index (κ3) is 2.26. The topological polar surface area (TPSA) is 51.0 Å². The second-order valence-electron chi connectivity index (χ2n) is 5.12. The van der Waals surface area contributed by atoms with E-state index in [1.807, 2.05) is 6.92 Å². The van der Waals surface area contributed by atoms with E-state index in [0.29, 0.717) is 17.6 Å². The van der Waals surface area contributed by atoms with Gasteiger partial charge >= 0.3 is 0 Å². The van der Waals surface area contributed by atoms with Gasteiger partial charge in [-0.1, -0.05) is 12.1 Å². The van der Waals surface area contributed by atoms with Crippen molar-refractivity contribution in [1.29, 1.82) is 0 Å². The molecule has 2 aromatic rings. The number of hydrogen-bond acceptors (Lipinski definition) is 4. The molecule has 19 heavy (non-hydrogen) atoms. The minimum Gasteiger partial charge on any atom is -0.339 e. The van der Waals surface area contributed by atoms with Crippen LogP contribution >= 0.6 is 0 Å². The van der Waals surface area contributed by atoms with Crippen molar-refractivity contribution in [3.05, 3.63) is 35.5 Å². The number of aromatic nitrogens is 2. The summed E-state index contributed by atoms with van der Waals surface area (Å²) in [6.45, 7) is 5.93. The largest absolute Gasteiger partial charge is 0.339 e. The average Bonchev–Trinajstić information content (AvgIpc) is 2.75. The molecule has 100 valence electrons. The van der Waals surface area contributed by atoms with Crippen molar-refractivity contribution in [2.24, 2.45) is 5.92 Å². The second-order valence-corrected chi connectivity index (χ2v) is 5.12. The van der Waals surface area contributed by atoms with Crippen molar-refractivity contribution >= 4 is 0 Å². The van der Waals surface area contributed by atoms with Crippen molar-refractivity contribution in [3.63, 3.8) is 0 Å². The number of halogens is 1. The molecule has 1 saturated heterocycles. The third-order valence-electron chi connectivity index (χ3n) is 3.78. The Kier molecular flexibility index (Phi) is 3.06. The van der Waals surface area contributed by atoms with Gasteiger partial charge in [0.2, 0.25) is 11.7 Å². The summed E-state index contributed by atoms with van der Waals surface area (Å²) in [6.07, 6.45) is 0. The summed E-state index contributed by atoms with van der Waals surface area (Å²) >= 11 is 0. The van der Waals surface area contributed by atoms with Crippen LogP contribution in [0.5, 0.6) is 0 Å². The van der Waals surface area contributed by atoms with E-state index in [4.69, 9.17) is 4.52 Å². The molecule has 0 saturated carbocycles. The number of hydrogen-bond donors (Lipinski definition) is 1. The van der Waals surface area contributed by atoms with E-state index >= 15 is 0 Å². The summed E-state index contributed by atoms with van der Waals surface area (Å²) in [6, 6.07) is 4.58. The van der Waals surface area contributed by atoms with Gasteiger partial charge in [-0.2, -0.15) is 4.98 Å². The van der Waals surface area contributed by atoms with E-state index < -0.39 is 0 Å². The molecule has 1 aromatic heterocycles. The first kappa shape index (κ1) is 12.3. The van der Waals surface area contributed by atoms with Crippen molar-refractivity contribution < 1.29 is 8.91 Å². The molecule has 1 aliphatic rings. The molecule has 0 aliphatic carbocycles. The molecule has 5 heteroatoms. The van der Waals surface area contributed by atoms with Crippen LogP contribution in [0.3, 0.4) is 0 Å². The maximum atomic E-state index is 13.1. The van der Waals surface area contributed by atoms with Crippen LogP contribution in [0.1, 0.15) is 24.3 Å². The summed E-state index contributed by atoms with van der Waals surface area (Å²) < 4.78 is 18.4. The Morgan fingerprint density at radius 2 is 2.21 bits per heavy atom. The minimum absolute atomic E-state index is 0.251. The van der Waals surface area contributed by atoms with Crippen LogP contribution in [-0.4, -0.2) is 23.2 Å². The molecule has 3 rings (SSSR count). The van der Waals surface area contributed by atoms with Gasteiger partial charge in [-0.05, 0) is 49.7 Å². The van der Waals surface area contributed by atoms with Gasteiger partial charge in [-0.25, -0.2) is 4.39 Å². The third-order valence-corrected chi connectivity index (χ3v) is 3.78. The van der Waals surface area contributed by atoms with E-state index in [1.54, 1.807) is 6.07 Å². The number of rotatable bonds is 3. The Hall–Kier alpha value is -1.75. The van der Waals surface area contributed by atoms with E-state index in [9.17, 15) is 4.39 Å². The molecule has 1 atom stereocenters. The predicted octanol–water partition coefficient (Wildman–Crippen LogP) is 2.51. The van der Waals surface area contributed by atoms with E-state index in [1.165, 1.54) is 12.1 Å². The lowest BCUT2D eigenvalue weighted by atomic mass is 9.89. The fraction of sp³-hybridized carbons (Fsp3) is 0.429. The number of aryl methyl sites for hydroxylation is 1. The standard InChI is InChI=1S/C14H16FN3O/c1-8-5-11(15)3-4-12(8)13-17-14(19-18-13)9(2)10-6-16-7-10/h3-5,9-10,16H,6-7H2,1-2H3. The van der Waals surface area contributed by atoms with Gasteiger partial charge in [-0.3, -0.25) is 0 Å². The quantitative estimate of drug-likeness (QED) is 0.922. The molecule has 0 radical (unpaired) electrons. The van der Waals surface area contributed by atoms with Gasteiger partial charge < -0.3 is 9.84 Å². The van der Waals surface area contributed by atoms with Crippen molar-refractivity contribution in [2.45, 2.75) is 19.8 Å². The van der Waals surface area contributed by atoms with Crippen LogP contribution < -0.4 is 5.32 Å². The minimum atomic E-state index is -0.251.